The Kier molecular flexibility index (Phi) is 5.23. The Bertz CT molecular complexity index is 564. The van der Waals surface area contributed by atoms with Crippen molar-refractivity contribution < 1.29 is 9.47 Å². The zero-order valence-corrected chi connectivity index (χ0v) is 12.9. The molecule has 2 rings (SSSR count). The number of nitrogens with two attached hydrogens (primary N) is 1. The number of rotatable bonds is 6. The molecule has 0 aliphatic carbocycles. The second kappa shape index (κ2) is 7.14. The highest BCUT2D eigenvalue weighted by Gasteiger charge is 2.08. The summed E-state index contributed by atoms with van der Waals surface area (Å²) in [5, 5.41) is 0. The number of benzene rings is 2. The van der Waals surface area contributed by atoms with Crippen LogP contribution in [0.25, 0.3) is 0 Å². The van der Waals surface area contributed by atoms with Gasteiger partial charge in [-0.15, -0.1) is 0 Å². The first-order valence-electron chi connectivity index (χ1n) is 7.26. The van der Waals surface area contributed by atoms with Crippen molar-refractivity contribution in [1.29, 1.82) is 0 Å². The largest absolute Gasteiger partial charge is 0.492 e. The normalized spacial score (nSPS) is 12.2. The van der Waals surface area contributed by atoms with Crippen LogP contribution in [0.1, 0.15) is 31.0 Å². The molecule has 3 heteroatoms. The van der Waals surface area contributed by atoms with Crippen molar-refractivity contribution in [2.24, 2.45) is 5.73 Å². The molecule has 2 aromatic rings. The van der Waals surface area contributed by atoms with Gasteiger partial charge >= 0.3 is 0 Å². The number of aryl methyl sites for hydroxylation is 1. The second-order valence-electron chi connectivity index (χ2n) is 5.47. The minimum atomic E-state index is -0.154. The SMILES string of the molecule is Cc1cccc(OCC(N)c2ccc(OC(C)C)cc2)c1. The summed E-state index contributed by atoms with van der Waals surface area (Å²) in [4.78, 5) is 0. The van der Waals surface area contributed by atoms with E-state index in [0.29, 0.717) is 6.61 Å². The summed E-state index contributed by atoms with van der Waals surface area (Å²) in [6.45, 7) is 6.51. The van der Waals surface area contributed by atoms with Gasteiger partial charge in [-0.05, 0) is 56.2 Å². The highest BCUT2D eigenvalue weighted by Crippen LogP contribution is 2.19. The topological polar surface area (TPSA) is 44.5 Å². The fraction of sp³-hybridized carbons (Fsp3) is 0.333. The Balaban J connectivity index is 1.92. The zero-order chi connectivity index (χ0) is 15.2. The van der Waals surface area contributed by atoms with E-state index in [4.69, 9.17) is 15.2 Å². The molecule has 1 atom stereocenters. The third-order valence-electron chi connectivity index (χ3n) is 3.10. The third-order valence-corrected chi connectivity index (χ3v) is 3.10. The van der Waals surface area contributed by atoms with Gasteiger partial charge < -0.3 is 15.2 Å². The van der Waals surface area contributed by atoms with E-state index in [2.05, 4.69) is 0 Å². The molecule has 2 aromatic carbocycles. The van der Waals surface area contributed by atoms with Crippen LogP contribution in [0.4, 0.5) is 0 Å². The molecular weight excluding hydrogens is 262 g/mol. The predicted octanol–water partition coefficient (Wildman–Crippen LogP) is 3.86. The molecule has 0 aromatic heterocycles. The van der Waals surface area contributed by atoms with Crippen LogP contribution in [0.15, 0.2) is 48.5 Å². The van der Waals surface area contributed by atoms with E-state index in [9.17, 15) is 0 Å². The van der Waals surface area contributed by atoms with Crippen LogP contribution < -0.4 is 15.2 Å². The van der Waals surface area contributed by atoms with Gasteiger partial charge in [0.25, 0.3) is 0 Å². The van der Waals surface area contributed by atoms with E-state index in [-0.39, 0.29) is 12.1 Å². The average Bonchev–Trinajstić information content (AvgIpc) is 2.45. The van der Waals surface area contributed by atoms with Gasteiger partial charge in [-0.25, -0.2) is 0 Å². The lowest BCUT2D eigenvalue weighted by Crippen LogP contribution is -2.19. The van der Waals surface area contributed by atoms with E-state index in [1.54, 1.807) is 0 Å². The minimum absolute atomic E-state index is 0.154. The molecule has 0 heterocycles. The smallest absolute Gasteiger partial charge is 0.119 e. The Labute approximate surface area is 126 Å². The standard InChI is InChI=1S/C18H23NO2/c1-13(2)21-16-9-7-15(8-10-16)18(19)12-20-17-6-4-5-14(3)11-17/h4-11,13,18H,12,19H2,1-3H3. The van der Waals surface area contributed by atoms with Crippen LogP contribution in [0, 0.1) is 6.92 Å². The van der Waals surface area contributed by atoms with Crippen LogP contribution in [-0.2, 0) is 0 Å². The molecule has 0 radical (unpaired) electrons. The van der Waals surface area contributed by atoms with E-state index in [1.807, 2.05) is 69.3 Å². The number of hydrogen-bond donors (Lipinski definition) is 1. The van der Waals surface area contributed by atoms with Crippen molar-refractivity contribution in [2.45, 2.75) is 32.9 Å². The van der Waals surface area contributed by atoms with Crippen molar-refractivity contribution in [2.75, 3.05) is 6.61 Å². The molecule has 1 unspecified atom stereocenters. The van der Waals surface area contributed by atoms with Crippen LogP contribution in [0.3, 0.4) is 0 Å². The average molecular weight is 285 g/mol. The van der Waals surface area contributed by atoms with Gasteiger partial charge in [-0.3, -0.25) is 0 Å². The quantitative estimate of drug-likeness (QED) is 0.876. The van der Waals surface area contributed by atoms with Crippen molar-refractivity contribution in [3.05, 3.63) is 59.7 Å². The lowest BCUT2D eigenvalue weighted by molar-refractivity contribution is 0.242. The van der Waals surface area contributed by atoms with Crippen molar-refractivity contribution >= 4 is 0 Å². The highest BCUT2D eigenvalue weighted by molar-refractivity contribution is 5.30. The molecule has 0 aliphatic heterocycles. The molecule has 2 N–H and O–H groups in total. The molecule has 0 amide bonds. The van der Waals surface area contributed by atoms with Gasteiger partial charge in [0.1, 0.15) is 18.1 Å². The van der Waals surface area contributed by atoms with Crippen LogP contribution in [-0.4, -0.2) is 12.7 Å². The maximum Gasteiger partial charge on any atom is 0.119 e. The molecule has 0 spiro atoms. The maximum atomic E-state index is 6.17. The maximum absolute atomic E-state index is 6.17. The van der Waals surface area contributed by atoms with Crippen molar-refractivity contribution in [1.82, 2.24) is 0 Å². The summed E-state index contributed by atoms with van der Waals surface area (Å²) in [6, 6.07) is 15.7. The number of ether oxygens (including phenoxy) is 2. The summed E-state index contributed by atoms with van der Waals surface area (Å²) in [6.07, 6.45) is 0.175. The molecule has 3 nitrogen and oxygen atoms in total. The molecule has 21 heavy (non-hydrogen) atoms. The third kappa shape index (κ3) is 4.80. The zero-order valence-electron chi connectivity index (χ0n) is 12.9. The second-order valence-corrected chi connectivity index (χ2v) is 5.47. The predicted molar refractivity (Wildman–Crippen MR) is 85.8 cm³/mol. The first-order valence-corrected chi connectivity index (χ1v) is 7.26. The number of hydrogen-bond acceptors (Lipinski definition) is 3. The van der Waals surface area contributed by atoms with Gasteiger partial charge in [-0.2, -0.15) is 0 Å². The van der Waals surface area contributed by atoms with Gasteiger partial charge in [0.2, 0.25) is 0 Å². The summed E-state index contributed by atoms with van der Waals surface area (Å²) >= 11 is 0. The Morgan fingerprint density at radius 1 is 1.00 bits per heavy atom. The summed E-state index contributed by atoms with van der Waals surface area (Å²) in [5.41, 5.74) is 8.38. The lowest BCUT2D eigenvalue weighted by Gasteiger charge is -2.15. The summed E-state index contributed by atoms with van der Waals surface area (Å²) < 4.78 is 11.4. The highest BCUT2D eigenvalue weighted by atomic mass is 16.5. The van der Waals surface area contributed by atoms with E-state index in [0.717, 1.165) is 17.1 Å². The molecule has 0 bridgehead atoms. The Morgan fingerprint density at radius 2 is 1.71 bits per heavy atom. The molecule has 0 saturated carbocycles. The molecule has 0 fully saturated rings. The lowest BCUT2D eigenvalue weighted by atomic mass is 10.1. The van der Waals surface area contributed by atoms with Gasteiger partial charge in [0.05, 0.1) is 12.1 Å². The molecule has 112 valence electrons. The van der Waals surface area contributed by atoms with Crippen molar-refractivity contribution in [3.63, 3.8) is 0 Å². The van der Waals surface area contributed by atoms with Crippen LogP contribution >= 0.6 is 0 Å². The van der Waals surface area contributed by atoms with Gasteiger partial charge in [0.15, 0.2) is 0 Å². The van der Waals surface area contributed by atoms with Gasteiger partial charge in [-0.1, -0.05) is 24.3 Å². The first kappa shape index (κ1) is 15.4. The minimum Gasteiger partial charge on any atom is -0.492 e. The fourth-order valence-corrected chi connectivity index (χ4v) is 2.05. The van der Waals surface area contributed by atoms with Crippen molar-refractivity contribution in [3.8, 4) is 11.5 Å². The van der Waals surface area contributed by atoms with Gasteiger partial charge in [0, 0.05) is 0 Å². The summed E-state index contributed by atoms with van der Waals surface area (Å²) in [7, 11) is 0. The fourth-order valence-electron chi connectivity index (χ4n) is 2.05. The van der Waals surface area contributed by atoms with E-state index in [1.165, 1.54) is 5.56 Å². The molecule has 0 aliphatic rings. The molecular formula is C18H23NO2. The van der Waals surface area contributed by atoms with Crippen LogP contribution in [0.5, 0.6) is 11.5 Å². The Hall–Kier alpha value is -2.00. The van der Waals surface area contributed by atoms with E-state index < -0.39 is 0 Å². The summed E-state index contributed by atoms with van der Waals surface area (Å²) in [5.74, 6) is 1.71. The monoisotopic (exact) mass is 285 g/mol. The van der Waals surface area contributed by atoms with Crippen LogP contribution in [0.2, 0.25) is 0 Å². The Morgan fingerprint density at radius 3 is 2.33 bits per heavy atom. The first-order chi connectivity index (χ1) is 10.0. The van der Waals surface area contributed by atoms with E-state index >= 15 is 0 Å². The molecule has 0 saturated heterocycles.